The standard InChI is InChI=1S/C16H16ClN3O/c1-2-20-15-9-11(17)3-8-14(15)19-16(20)10-21-13-6-4-12(18)5-7-13/h3-9H,2,10,18H2,1H3. The van der Waals surface area contributed by atoms with Gasteiger partial charge in [-0.15, -0.1) is 0 Å². The Morgan fingerprint density at radius 1 is 1.19 bits per heavy atom. The van der Waals surface area contributed by atoms with Gasteiger partial charge in [0.1, 0.15) is 18.2 Å². The summed E-state index contributed by atoms with van der Waals surface area (Å²) in [5.41, 5.74) is 8.34. The molecule has 5 heteroatoms. The molecule has 0 aliphatic rings. The fourth-order valence-electron chi connectivity index (χ4n) is 2.32. The van der Waals surface area contributed by atoms with Crippen LogP contribution in [0.4, 0.5) is 5.69 Å². The number of imidazole rings is 1. The summed E-state index contributed by atoms with van der Waals surface area (Å²) >= 11 is 6.06. The average Bonchev–Trinajstić information content (AvgIpc) is 2.83. The van der Waals surface area contributed by atoms with Crippen LogP contribution in [0.2, 0.25) is 5.02 Å². The Morgan fingerprint density at radius 3 is 2.67 bits per heavy atom. The lowest BCUT2D eigenvalue weighted by atomic mass is 10.3. The third kappa shape index (κ3) is 2.81. The summed E-state index contributed by atoms with van der Waals surface area (Å²) in [4.78, 5) is 4.61. The summed E-state index contributed by atoms with van der Waals surface area (Å²) in [6.07, 6.45) is 0. The number of anilines is 1. The molecule has 0 atom stereocenters. The minimum absolute atomic E-state index is 0.407. The number of ether oxygens (including phenoxy) is 1. The molecule has 0 saturated carbocycles. The Labute approximate surface area is 128 Å². The van der Waals surface area contributed by atoms with Gasteiger partial charge >= 0.3 is 0 Å². The van der Waals surface area contributed by atoms with Gasteiger partial charge in [-0.05, 0) is 49.4 Å². The molecule has 3 aromatic rings. The predicted molar refractivity (Wildman–Crippen MR) is 85.6 cm³/mol. The average molecular weight is 302 g/mol. The van der Waals surface area contributed by atoms with Gasteiger partial charge in [0, 0.05) is 17.3 Å². The van der Waals surface area contributed by atoms with Crippen molar-refractivity contribution in [2.75, 3.05) is 5.73 Å². The number of aromatic nitrogens is 2. The summed E-state index contributed by atoms with van der Waals surface area (Å²) in [7, 11) is 0. The summed E-state index contributed by atoms with van der Waals surface area (Å²) < 4.78 is 7.89. The van der Waals surface area contributed by atoms with Gasteiger partial charge in [0.15, 0.2) is 0 Å². The van der Waals surface area contributed by atoms with Crippen LogP contribution >= 0.6 is 11.6 Å². The van der Waals surface area contributed by atoms with Crippen molar-refractivity contribution in [3.8, 4) is 5.75 Å². The van der Waals surface area contributed by atoms with Gasteiger partial charge in [-0.3, -0.25) is 0 Å². The third-order valence-corrected chi connectivity index (χ3v) is 3.59. The van der Waals surface area contributed by atoms with Gasteiger partial charge < -0.3 is 15.0 Å². The number of benzene rings is 2. The molecule has 0 unspecified atom stereocenters. The van der Waals surface area contributed by atoms with E-state index in [-0.39, 0.29) is 0 Å². The zero-order valence-electron chi connectivity index (χ0n) is 11.7. The molecule has 3 rings (SSSR count). The van der Waals surface area contributed by atoms with Crippen molar-refractivity contribution in [3.05, 3.63) is 53.3 Å². The molecular formula is C16H16ClN3O. The van der Waals surface area contributed by atoms with Crippen LogP contribution < -0.4 is 10.5 Å². The first-order valence-corrected chi connectivity index (χ1v) is 7.18. The molecule has 0 aliphatic carbocycles. The monoisotopic (exact) mass is 301 g/mol. The second kappa shape index (κ2) is 5.66. The second-order valence-corrected chi connectivity index (χ2v) is 5.20. The highest BCUT2D eigenvalue weighted by Crippen LogP contribution is 2.22. The Kier molecular flexibility index (Phi) is 3.71. The van der Waals surface area contributed by atoms with E-state index in [4.69, 9.17) is 22.1 Å². The molecule has 108 valence electrons. The first-order valence-electron chi connectivity index (χ1n) is 6.80. The number of hydrogen-bond acceptors (Lipinski definition) is 3. The van der Waals surface area contributed by atoms with Crippen molar-refractivity contribution >= 4 is 28.3 Å². The molecule has 0 bridgehead atoms. The molecule has 0 amide bonds. The molecule has 0 aliphatic heterocycles. The summed E-state index contributed by atoms with van der Waals surface area (Å²) in [5, 5.41) is 0.711. The van der Waals surface area contributed by atoms with Crippen LogP contribution in [0.25, 0.3) is 11.0 Å². The quantitative estimate of drug-likeness (QED) is 0.744. The van der Waals surface area contributed by atoms with E-state index in [0.29, 0.717) is 11.6 Å². The molecule has 1 heterocycles. The highest BCUT2D eigenvalue weighted by Gasteiger charge is 2.10. The Bertz CT molecular complexity index is 765. The zero-order chi connectivity index (χ0) is 14.8. The Morgan fingerprint density at radius 2 is 1.95 bits per heavy atom. The van der Waals surface area contributed by atoms with Crippen molar-refractivity contribution in [2.45, 2.75) is 20.1 Å². The highest BCUT2D eigenvalue weighted by molar-refractivity contribution is 6.31. The lowest BCUT2D eigenvalue weighted by molar-refractivity contribution is 0.291. The van der Waals surface area contributed by atoms with Crippen LogP contribution in [0.3, 0.4) is 0 Å². The molecule has 0 fully saturated rings. The molecule has 1 aromatic heterocycles. The van der Waals surface area contributed by atoms with Crippen LogP contribution in [-0.2, 0) is 13.2 Å². The zero-order valence-corrected chi connectivity index (χ0v) is 12.5. The topological polar surface area (TPSA) is 53.1 Å². The largest absolute Gasteiger partial charge is 0.486 e. The number of rotatable bonds is 4. The first kappa shape index (κ1) is 13.8. The lowest BCUT2D eigenvalue weighted by Gasteiger charge is -2.08. The molecule has 0 radical (unpaired) electrons. The fourth-order valence-corrected chi connectivity index (χ4v) is 2.49. The number of nitrogens with zero attached hydrogens (tertiary/aromatic N) is 2. The van der Waals surface area contributed by atoms with Crippen LogP contribution in [0.1, 0.15) is 12.7 Å². The first-order chi connectivity index (χ1) is 10.2. The van der Waals surface area contributed by atoms with E-state index in [1.54, 1.807) is 0 Å². The van der Waals surface area contributed by atoms with Crippen molar-refractivity contribution in [3.63, 3.8) is 0 Å². The Hall–Kier alpha value is -2.20. The third-order valence-electron chi connectivity index (χ3n) is 3.35. The number of nitrogen functional groups attached to an aromatic ring is 1. The van der Waals surface area contributed by atoms with Crippen molar-refractivity contribution in [1.82, 2.24) is 9.55 Å². The van der Waals surface area contributed by atoms with Crippen LogP contribution in [0.15, 0.2) is 42.5 Å². The van der Waals surface area contributed by atoms with Gasteiger partial charge in [0.2, 0.25) is 0 Å². The maximum absolute atomic E-state index is 6.06. The molecule has 0 spiro atoms. The maximum Gasteiger partial charge on any atom is 0.147 e. The number of nitrogens with two attached hydrogens (primary N) is 1. The van der Waals surface area contributed by atoms with E-state index in [2.05, 4.69) is 16.5 Å². The van der Waals surface area contributed by atoms with Crippen LogP contribution in [-0.4, -0.2) is 9.55 Å². The summed E-state index contributed by atoms with van der Waals surface area (Å²) in [5.74, 6) is 1.66. The van der Waals surface area contributed by atoms with Gasteiger partial charge in [0.05, 0.1) is 11.0 Å². The van der Waals surface area contributed by atoms with E-state index in [0.717, 1.165) is 34.8 Å². The predicted octanol–water partition coefficient (Wildman–Crippen LogP) is 3.87. The number of fused-ring (bicyclic) bond motifs is 1. The molecule has 2 aromatic carbocycles. The number of aryl methyl sites for hydroxylation is 1. The van der Waals surface area contributed by atoms with Crippen molar-refractivity contribution in [2.24, 2.45) is 0 Å². The summed E-state index contributed by atoms with van der Waals surface area (Å²) in [6.45, 7) is 3.30. The maximum atomic E-state index is 6.06. The summed E-state index contributed by atoms with van der Waals surface area (Å²) in [6, 6.07) is 13.0. The molecule has 4 nitrogen and oxygen atoms in total. The molecule has 2 N–H and O–H groups in total. The van der Waals surface area contributed by atoms with Crippen molar-refractivity contribution < 1.29 is 4.74 Å². The Balaban J connectivity index is 1.88. The van der Waals surface area contributed by atoms with Crippen molar-refractivity contribution in [1.29, 1.82) is 0 Å². The number of hydrogen-bond donors (Lipinski definition) is 1. The number of halogens is 1. The minimum Gasteiger partial charge on any atom is -0.486 e. The van der Waals surface area contributed by atoms with E-state index in [1.807, 2.05) is 42.5 Å². The SMILES string of the molecule is CCn1c(COc2ccc(N)cc2)nc2ccc(Cl)cc21. The second-order valence-electron chi connectivity index (χ2n) is 4.76. The normalized spacial score (nSPS) is 11.0. The van der Waals surface area contributed by atoms with E-state index in [1.165, 1.54) is 0 Å². The van der Waals surface area contributed by atoms with Crippen LogP contribution in [0.5, 0.6) is 5.75 Å². The van der Waals surface area contributed by atoms with Gasteiger partial charge in [0.25, 0.3) is 0 Å². The lowest BCUT2D eigenvalue weighted by Crippen LogP contribution is -2.06. The molecule has 0 saturated heterocycles. The van der Waals surface area contributed by atoms with Gasteiger partial charge in [-0.1, -0.05) is 11.6 Å². The van der Waals surface area contributed by atoms with Crippen LogP contribution in [0, 0.1) is 0 Å². The van der Waals surface area contributed by atoms with Gasteiger partial charge in [-0.2, -0.15) is 0 Å². The van der Waals surface area contributed by atoms with E-state index < -0.39 is 0 Å². The smallest absolute Gasteiger partial charge is 0.147 e. The molecular weight excluding hydrogens is 286 g/mol. The van der Waals surface area contributed by atoms with Gasteiger partial charge in [-0.25, -0.2) is 4.98 Å². The fraction of sp³-hybridized carbons (Fsp3) is 0.188. The van der Waals surface area contributed by atoms with E-state index in [9.17, 15) is 0 Å². The minimum atomic E-state index is 0.407. The van der Waals surface area contributed by atoms with E-state index >= 15 is 0 Å². The highest BCUT2D eigenvalue weighted by atomic mass is 35.5. The molecule has 21 heavy (non-hydrogen) atoms.